The van der Waals surface area contributed by atoms with E-state index in [2.05, 4.69) is 37.4 Å². The molecular formula is C27H28FNO. The van der Waals surface area contributed by atoms with Crippen LogP contribution in [0.2, 0.25) is 0 Å². The van der Waals surface area contributed by atoms with Crippen LogP contribution in [0.5, 0.6) is 0 Å². The molecule has 0 saturated carbocycles. The van der Waals surface area contributed by atoms with Crippen molar-refractivity contribution in [3.8, 4) is 0 Å². The summed E-state index contributed by atoms with van der Waals surface area (Å²) in [4.78, 5) is 14.3. The summed E-state index contributed by atoms with van der Waals surface area (Å²) in [6, 6.07) is 13.8. The first-order valence-electron chi connectivity index (χ1n) is 10.1. The van der Waals surface area contributed by atoms with Gasteiger partial charge >= 0.3 is 0 Å². The smallest absolute Gasteiger partial charge is 0.254 e. The van der Waals surface area contributed by atoms with Crippen LogP contribution < -0.4 is 10.4 Å². The average Bonchev–Trinajstić information content (AvgIpc) is 2.74. The van der Waals surface area contributed by atoms with Gasteiger partial charge in [0.25, 0.3) is 5.91 Å². The number of rotatable bonds is 5. The van der Waals surface area contributed by atoms with E-state index in [4.69, 9.17) is 0 Å². The summed E-state index contributed by atoms with van der Waals surface area (Å²) in [6.45, 7) is 13.6. The van der Waals surface area contributed by atoms with Gasteiger partial charge < -0.3 is 4.90 Å². The fourth-order valence-electron chi connectivity index (χ4n) is 3.88. The molecule has 0 unspecified atom stereocenters. The molecule has 0 aromatic heterocycles. The fourth-order valence-corrected chi connectivity index (χ4v) is 3.88. The molecule has 3 heteroatoms. The van der Waals surface area contributed by atoms with Crippen molar-refractivity contribution in [2.45, 2.75) is 26.4 Å². The third-order valence-corrected chi connectivity index (χ3v) is 5.49. The lowest BCUT2D eigenvalue weighted by Crippen LogP contribution is -2.59. The highest BCUT2D eigenvalue weighted by atomic mass is 19.1. The van der Waals surface area contributed by atoms with E-state index in [1.807, 2.05) is 50.3 Å². The summed E-state index contributed by atoms with van der Waals surface area (Å²) in [5.41, 5.74) is 3.41. The summed E-state index contributed by atoms with van der Waals surface area (Å²) in [7, 11) is 0. The number of likely N-dealkylation sites (tertiary alicyclic amines) is 1. The van der Waals surface area contributed by atoms with Crippen molar-refractivity contribution in [1.29, 1.82) is 0 Å². The van der Waals surface area contributed by atoms with Gasteiger partial charge in [-0.2, -0.15) is 0 Å². The zero-order chi connectivity index (χ0) is 21.9. The molecule has 0 atom stereocenters. The van der Waals surface area contributed by atoms with Gasteiger partial charge in [0.1, 0.15) is 5.67 Å². The number of halogens is 1. The van der Waals surface area contributed by atoms with E-state index in [1.165, 1.54) is 6.92 Å². The Kier molecular flexibility index (Phi) is 6.21. The molecular weight excluding hydrogens is 373 g/mol. The van der Waals surface area contributed by atoms with E-state index in [1.54, 1.807) is 11.0 Å². The van der Waals surface area contributed by atoms with Gasteiger partial charge in [-0.25, -0.2) is 4.39 Å². The molecule has 0 spiro atoms. The maximum absolute atomic E-state index is 13.8. The molecule has 1 saturated heterocycles. The van der Waals surface area contributed by atoms with E-state index >= 15 is 0 Å². The van der Waals surface area contributed by atoms with Gasteiger partial charge in [-0.15, -0.1) is 0 Å². The first-order chi connectivity index (χ1) is 14.3. The van der Waals surface area contributed by atoms with Gasteiger partial charge in [-0.05, 0) is 65.6 Å². The van der Waals surface area contributed by atoms with E-state index in [-0.39, 0.29) is 19.0 Å². The third kappa shape index (κ3) is 4.20. The number of benzene rings is 2. The van der Waals surface area contributed by atoms with Crippen LogP contribution in [0.1, 0.15) is 42.3 Å². The Hall–Kier alpha value is -3.20. The molecule has 0 N–H and O–H groups in total. The normalized spacial score (nSPS) is 17.3. The highest BCUT2D eigenvalue weighted by Gasteiger charge is 2.41. The van der Waals surface area contributed by atoms with Gasteiger partial charge in [0.15, 0.2) is 0 Å². The molecule has 3 rings (SSSR count). The highest BCUT2D eigenvalue weighted by Crippen LogP contribution is 2.26. The first kappa shape index (κ1) is 21.5. The lowest BCUT2D eigenvalue weighted by Gasteiger charge is -2.42. The minimum absolute atomic E-state index is 0.138. The van der Waals surface area contributed by atoms with Gasteiger partial charge in [0.2, 0.25) is 0 Å². The van der Waals surface area contributed by atoms with Crippen molar-refractivity contribution < 1.29 is 9.18 Å². The summed E-state index contributed by atoms with van der Waals surface area (Å²) in [5, 5.41) is 1.95. The van der Waals surface area contributed by atoms with Crippen molar-refractivity contribution in [2.24, 2.45) is 0 Å². The lowest BCUT2D eigenvalue weighted by molar-refractivity contribution is -0.00786. The number of nitrogens with zero attached hydrogens (tertiary/aromatic N) is 1. The monoisotopic (exact) mass is 401 g/mol. The second-order valence-corrected chi connectivity index (χ2v) is 7.81. The van der Waals surface area contributed by atoms with Crippen molar-refractivity contribution in [1.82, 2.24) is 4.90 Å². The molecule has 1 aliphatic rings. The Labute approximate surface area is 178 Å². The quantitative estimate of drug-likeness (QED) is 0.668. The predicted molar refractivity (Wildman–Crippen MR) is 124 cm³/mol. The molecule has 0 radical (unpaired) electrons. The number of hydrogen-bond acceptors (Lipinski definition) is 1. The van der Waals surface area contributed by atoms with E-state index in [0.717, 1.165) is 32.7 Å². The van der Waals surface area contributed by atoms with Gasteiger partial charge in [0, 0.05) is 5.56 Å². The fraction of sp³-hybridized carbons (Fsp3) is 0.222. The summed E-state index contributed by atoms with van der Waals surface area (Å²) >= 11 is 0. The molecule has 1 fully saturated rings. The Morgan fingerprint density at radius 2 is 1.60 bits per heavy atom. The highest BCUT2D eigenvalue weighted by molar-refractivity contribution is 5.95. The Morgan fingerprint density at radius 1 is 1.00 bits per heavy atom. The molecule has 2 aromatic carbocycles. The second-order valence-electron chi connectivity index (χ2n) is 7.81. The number of amides is 1. The van der Waals surface area contributed by atoms with Gasteiger partial charge in [-0.1, -0.05) is 67.8 Å². The van der Waals surface area contributed by atoms with Crippen molar-refractivity contribution in [3.63, 3.8) is 0 Å². The van der Waals surface area contributed by atoms with Crippen molar-refractivity contribution in [2.75, 3.05) is 13.1 Å². The predicted octanol–water partition coefficient (Wildman–Crippen LogP) is 4.65. The van der Waals surface area contributed by atoms with Crippen LogP contribution in [0.15, 0.2) is 73.9 Å². The number of allylic oxidation sites excluding steroid dienone is 4. The first-order valence-corrected chi connectivity index (χ1v) is 10.1. The molecule has 1 heterocycles. The van der Waals surface area contributed by atoms with Crippen molar-refractivity contribution >= 4 is 23.1 Å². The molecule has 1 aliphatic heterocycles. The minimum Gasteiger partial charge on any atom is -0.332 e. The average molecular weight is 402 g/mol. The molecule has 2 aromatic rings. The van der Waals surface area contributed by atoms with Crippen molar-refractivity contribution in [3.05, 3.63) is 101 Å². The largest absolute Gasteiger partial charge is 0.332 e. The molecule has 30 heavy (non-hydrogen) atoms. The van der Waals surface area contributed by atoms with Crippen LogP contribution >= 0.6 is 0 Å². The molecule has 2 nitrogen and oxygen atoms in total. The van der Waals surface area contributed by atoms with Gasteiger partial charge in [0.05, 0.1) is 13.1 Å². The Bertz CT molecular complexity index is 1130. The zero-order valence-corrected chi connectivity index (χ0v) is 17.9. The molecule has 0 bridgehead atoms. The minimum atomic E-state index is -1.28. The van der Waals surface area contributed by atoms with Gasteiger partial charge in [-0.3, -0.25) is 4.79 Å². The Balaban J connectivity index is 2.09. The van der Waals surface area contributed by atoms with E-state index in [9.17, 15) is 9.18 Å². The second kappa shape index (κ2) is 8.66. The van der Waals surface area contributed by atoms with Crippen LogP contribution in [0.25, 0.3) is 17.2 Å². The van der Waals surface area contributed by atoms with Crippen LogP contribution in [0, 0.1) is 0 Å². The van der Waals surface area contributed by atoms with Crippen LogP contribution in [0.3, 0.4) is 0 Å². The number of carbonyl (C=O) groups is 1. The van der Waals surface area contributed by atoms with E-state index < -0.39 is 5.67 Å². The zero-order valence-electron chi connectivity index (χ0n) is 17.9. The maximum Gasteiger partial charge on any atom is 0.254 e. The number of hydrogen-bond donors (Lipinski definition) is 0. The Morgan fingerprint density at radius 3 is 2.10 bits per heavy atom. The van der Waals surface area contributed by atoms with Crippen LogP contribution in [0.4, 0.5) is 4.39 Å². The summed E-state index contributed by atoms with van der Waals surface area (Å²) in [5.74, 6) is -0.142. The summed E-state index contributed by atoms with van der Waals surface area (Å²) in [6.07, 6.45) is 7.69. The third-order valence-electron chi connectivity index (χ3n) is 5.49. The molecule has 1 amide bonds. The number of carbonyl (C=O) groups excluding carboxylic acids is 1. The maximum atomic E-state index is 13.8. The summed E-state index contributed by atoms with van der Waals surface area (Å²) < 4.78 is 13.8. The SMILES string of the molecule is C=C/C(=C\C)c1ccc(/C(C=C)=c2\cc(C(=O)N3CC(C)(F)C3)cc\c2=C\C)cc1. The van der Waals surface area contributed by atoms with E-state index in [0.29, 0.717) is 5.56 Å². The molecule has 154 valence electrons. The lowest BCUT2D eigenvalue weighted by atomic mass is 9.95. The molecule has 0 aliphatic carbocycles. The standard InChI is InChI=1S/C27H28FNO/c1-6-19(7-2)21-11-13-22(14-12-21)24(9-4)25-16-23(15-10-20(25)8-3)26(30)29-17-27(5,28)18-29/h6-16H,1,4,17-18H2,2-3,5H3/b19-7+,20-8-,25-24+. The number of alkyl halides is 1. The van der Waals surface area contributed by atoms with Crippen LogP contribution in [-0.2, 0) is 0 Å². The topological polar surface area (TPSA) is 20.3 Å². The van der Waals surface area contributed by atoms with Crippen LogP contribution in [-0.4, -0.2) is 29.6 Å².